The minimum Gasteiger partial charge on any atom is -0.334 e. The Labute approximate surface area is 139 Å². The largest absolute Gasteiger partial charge is 0.334 e. The van der Waals surface area contributed by atoms with E-state index >= 15 is 0 Å². The van der Waals surface area contributed by atoms with Gasteiger partial charge in [-0.25, -0.2) is 0 Å². The Morgan fingerprint density at radius 3 is 2.43 bits per heavy atom. The van der Waals surface area contributed by atoms with E-state index in [0.29, 0.717) is 23.7 Å². The average Bonchev–Trinajstić information content (AvgIpc) is 2.57. The summed E-state index contributed by atoms with van der Waals surface area (Å²) >= 11 is 5.84. The van der Waals surface area contributed by atoms with Gasteiger partial charge in [-0.2, -0.15) is 0 Å². The highest BCUT2D eigenvalue weighted by molar-refractivity contribution is 6.30. The summed E-state index contributed by atoms with van der Waals surface area (Å²) < 4.78 is 0. The number of carbonyl (C=O) groups is 3. The number of likely N-dealkylation sites (N-methyl/N-ethyl adjacent to an activating group) is 1. The second kappa shape index (κ2) is 5.85. The van der Waals surface area contributed by atoms with Gasteiger partial charge >= 0.3 is 0 Å². The molecule has 2 aliphatic heterocycles. The fourth-order valence-electron chi connectivity index (χ4n) is 3.05. The highest BCUT2D eigenvalue weighted by Crippen LogP contribution is 2.22. The maximum absolute atomic E-state index is 12.6. The van der Waals surface area contributed by atoms with Crippen LogP contribution in [0.25, 0.3) is 0 Å². The topological polar surface area (TPSA) is 60.9 Å². The van der Waals surface area contributed by atoms with E-state index in [1.54, 1.807) is 48.0 Å². The number of hydrogen-bond donors (Lipinski definition) is 0. The molecule has 0 N–H and O–H groups in total. The van der Waals surface area contributed by atoms with Gasteiger partial charge in [0.25, 0.3) is 5.91 Å². The minimum absolute atomic E-state index is 0.0595. The minimum atomic E-state index is -0.589. The van der Waals surface area contributed by atoms with Crippen molar-refractivity contribution in [3.63, 3.8) is 0 Å². The summed E-state index contributed by atoms with van der Waals surface area (Å²) in [6.45, 7) is 2.75. The van der Waals surface area contributed by atoms with Gasteiger partial charge in [0.15, 0.2) is 0 Å². The van der Waals surface area contributed by atoms with Crippen molar-refractivity contribution in [2.75, 3.05) is 26.7 Å². The second-order valence-electron chi connectivity index (χ2n) is 5.93. The molecule has 122 valence electrons. The monoisotopic (exact) mass is 335 g/mol. The molecule has 0 saturated carbocycles. The van der Waals surface area contributed by atoms with Gasteiger partial charge in [0.2, 0.25) is 11.8 Å². The van der Waals surface area contributed by atoms with Crippen LogP contribution in [0.3, 0.4) is 0 Å². The van der Waals surface area contributed by atoms with Gasteiger partial charge in [0, 0.05) is 30.7 Å². The smallest absolute Gasteiger partial charge is 0.254 e. The van der Waals surface area contributed by atoms with Crippen LogP contribution in [-0.4, -0.2) is 71.2 Å². The molecule has 2 aliphatic rings. The van der Waals surface area contributed by atoms with Gasteiger partial charge < -0.3 is 14.7 Å². The molecule has 0 spiro atoms. The van der Waals surface area contributed by atoms with Crippen LogP contribution < -0.4 is 0 Å². The third-order valence-corrected chi connectivity index (χ3v) is 4.86. The maximum atomic E-state index is 12.6. The van der Waals surface area contributed by atoms with Crippen molar-refractivity contribution < 1.29 is 14.4 Å². The van der Waals surface area contributed by atoms with E-state index in [9.17, 15) is 14.4 Å². The van der Waals surface area contributed by atoms with E-state index in [2.05, 4.69) is 0 Å². The lowest BCUT2D eigenvalue weighted by atomic mass is 10.0. The van der Waals surface area contributed by atoms with Crippen molar-refractivity contribution in [2.45, 2.75) is 19.0 Å². The van der Waals surface area contributed by atoms with Crippen molar-refractivity contribution in [1.82, 2.24) is 14.7 Å². The number of nitrogens with zero attached hydrogens (tertiary/aromatic N) is 3. The van der Waals surface area contributed by atoms with Crippen LogP contribution >= 0.6 is 11.6 Å². The molecule has 0 aromatic heterocycles. The first-order valence-corrected chi connectivity index (χ1v) is 7.90. The van der Waals surface area contributed by atoms with Crippen LogP contribution in [0.4, 0.5) is 0 Å². The summed E-state index contributed by atoms with van der Waals surface area (Å²) in [5.41, 5.74) is 0.527. The number of carbonyl (C=O) groups excluding carboxylic acids is 3. The van der Waals surface area contributed by atoms with Crippen LogP contribution in [0.1, 0.15) is 17.3 Å². The third kappa shape index (κ3) is 2.67. The van der Waals surface area contributed by atoms with Crippen LogP contribution in [0.5, 0.6) is 0 Å². The molecule has 1 aromatic rings. The molecule has 6 nitrogen and oxygen atoms in total. The van der Waals surface area contributed by atoms with E-state index in [4.69, 9.17) is 11.6 Å². The molecule has 2 atom stereocenters. The summed E-state index contributed by atoms with van der Waals surface area (Å²) in [7, 11) is 1.63. The molecule has 0 radical (unpaired) electrons. The first-order valence-electron chi connectivity index (χ1n) is 7.52. The molecule has 23 heavy (non-hydrogen) atoms. The molecule has 0 aliphatic carbocycles. The van der Waals surface area contributed by atoms with E-state index in [1.807, 2.05) is 0 Å². The second-order valence-corrected chi connectivity index (χ2v) is 6.37. The normalized spacial score (nSPS) is 24.7. The fraction of sp³-hybridized carbons (Fsp3) is 0.438. The Bertz CT molecular complexity index is 661. The van der Waals surface area contributed by atoms with E-state index in [1.165, 1.54) is 4.90 Å². The number of halogens is 1. The molecule has 3 rings (SSSR count). The van der Waals surface area contributed by atoms with E-state index < -0.39 is 12.1 Å². The van der Waals surface area contributed by atoms with Gasteiger partial charge in [-0.1, -0.05) is 11.6 Å². The number of rotatable bonds is 1. The first kappa shape index (κ1) is 15.8. The highest BCUT2D eigenvalue weighted by Gasteiger charge is 2.45. The van der Waals surface area contributed by atoms with Gasteiger partial charge in [-0.3, -0.25) is 14.4 Å². The number of piperazine rings is 2. The average molecular weight is 336 g/mol. The zero-order valence-corrected chi connectivity index (χ0v) is 13.8. The summed E-state index contributed by atoms with van der Waals surface area (Å²) in [4.78, 5) is 42.0. The molecule has 7 heteroatoms. The summed E-state index contributed by atoms with van der Waals surface area (Å²) in [5, 5.41) is 0.565. The Balaban J connectivity index is 1.79. The van der Waals surface area contributed by atoms with Crippen molar-refractivity contribution >= 4 is 29.3 Å². The van der Waals surface area contributed by atoms with Crippen LogP contribution in [0.2, 0.25) is 5.02 Å². The van der Waals surface area contributed by atoms with Crippen LogP contribution in [-0.2, 0) is 9.59 Å². The van der Waals surface area contributed by atoms with Crippen molar-refractivity contribution in [3.05, 3.63) is 34.9 Å². The number of hydrogen-bond acceptors (Lipinski definition) is 3. The number of benzene rings is 1. The number of fused-ring (bicyclic) bond motifs is 1. The lowest BCUT2D eigenvalue weighted by Gasteiger charge is -2.47. The van der Waals surface area contributed by atoms with Gasteiger partial charge in [-0.05, 0) is 31.2 Å². The Morgan fingerprint density at radius 1 is 1.13 bits per heavy atom. The van der Waals surface area contributed by atoms with Gasteiger partial charge in [-0.15, -0.1) is 0 Å². The zero-order valence-electron chi connectivity index (χ0n) is 13.0. The predicted molar refractivity (Wildman–Crippen MR) is 85.1 cm³/mol. The third-order valence-electron chi connectivity index (χ3n) is 4.61. The standard InChI is InChI=1S/C16H18ClN3O3/c1-10-14(21)20-8-7-19(9-13(20)16(23)18(10)2)15(22)11-3-5-12(17)6-4-11/h3-6,10,13H,7-9H2,1-2H3/t10-,13+/m0/s1. The van der Waals surface area contributed by atoms with Crippen molar-refractivity contribution in [3.8, 4) is 0 Å². The fourth-order valence-corrected chi connectivity index (χ4v) is 3.18. The molecule has 2 saturated heterocycles. The summed E-state index contributed by atoms with van der Waals surface area (Å²) in [6.07, 6.45) is 0. The highest BCUT2D eigenvalue weighted by atomic mass is 35.5. The van der Waals surface area contributed by atoms with Crippen molar-refractivity contribution in [2.24, 2.45) is 0 Å². The van der Waals surface area contributed by atoms with Crippen LogP contribution in [0, 0.1) is 0 Å². The molecule has 0 unspecified atom stereocenters. The molecular weight excluding hydrogens is 318 g/mol. The van der Waals surface area contributed by atoms with E-state index in [-0.39, 0.29) is 24.3 Å². The van der Waals surface area contributed by atoms with Crippen molar-refractivity contribution in [1.29, 1.82) is 0 Å². The number of amides is 3. The molecule has 2 heterocycles. The molecule has 3 amide bonds. The maximum Gasteiger partial charge on any atom is 0.254 e. The Hall–Kier alpha value is -2.08. The van der Waals surface area contributed by atoms with E-state index in [0.717, 1.165) is 0 Å². The lowest BCUT2D eigenvalue weighted by molar-refractivity contribution is -0.162. The Morgan fingerprint density at radius 2 is 1.78 bits per heavy atom. The molecule has 0 bridgehead atoms. The zero-order chi connectivity index (χ0) is 16.7. The molecular formula is C16H18ClN3O3. The lowest BCUT2D eigenvalue weighted by Crippen LogP contribution is -2.69. The van der Waals surface area contributed by atoms with Crippen LogP contribution in [0.15, 0.2) is 24.3 Å². The molecule has 1 aromatic carbocycles. The molecule has 2 fully saturated rings. The summed E-state index contributed by atoms with van der Waals surface area (Å²) in [5.74, 6) is -0.329. The quantitative estimate of drug-likeness (QED) is 0.764. The summed E-state index contributed by atoms with van der Waals surface area (Å²) in [6, 6.07) is 5.62. The van der Waals surface area contributed by atoms with Gasteiger partial charge in [0.1, 0.15) is 12.1 Å². The first-order chi connectivity index (χ1) is 10.9. The Kier molecular flexibility index (Phi) is 4.02. The SMILES string of the molecule is C[C@H]1C(=O)N2CCN(C(=O)c3ccc(Cl)cc3)C[C@@H]2C(=O)N1C. The predicted octanol–water partition coefficient (Wildman–Crippen LogP) is 0.853. The van der Waals surface area contributed by atoms with Gasteiger partial charge in [0.05, 0.1) is 6.54 Å².